The summed E-state index contributed by atoms with van der Waals surface area (Å²) in [5.74, 6) is 0.592. The van der Waals surface area contributed by atoms with Crippen LogP contribution in [0, 0.1) is 5.92 Å². The highest BCUT2D eigenvalue weighted by atomic mass is 32.2. The lowest BCUT2D eigenvalue weighted by Crippen LogP contribution is -2.46. The van der Waals surface area contributed by atoms with Crippen molar-refractivity contribution in [2.45, 2.75) is 51.7 Å². The molecule has 0 spiro atoms. The molecule has 2 fully saturated rings. The normalized spacial score (nSPS) is 29.1. The summed E-state index contributed by atoms with van der Waals surface area (Å²) >= 11 is 0. The fourth-order valence-corrected chi connectivity index (χ4v) is 4.93. The Hall–Kier alpha value is -0.170. The molecular weight excluding hydrogens is 276 g/mol. The fraction of sp³-hybridized carbons (Fsp3) is 1.00. The third kappa shape index (κ3) is 4.16. The minimum absolute atomic E-state index is 0.0853. The maximum atomic E-state index is 12.5. The molecule has 2 aliphatic heterocycles. The van der Waals surface area contributed by atoms with Crippen LogP contribution >= 0.6 is 0 Å². The Labute approximate surface area is 123 Å². The van der Waals surface area contributed by atoms with Crippen molar-refractivity contribution in [3.8, 4) is 0 Å². The van der Waals surface area contributed by atoms with E-state index < -0.39 is 10.0 Å². The van der Waals surface area contributed by atoms with E-state index in [0.717, 1.165) is 38.8 Å². The first kappa shape index (κ1) is 16.2. The van der Waals surface area contributed by atoms with E-state index >= 15 is 0 Å². The van der Waals surface area contributed by atoms with Gasteiger partial charge in [0.2, 0.25) is 10.0 Å². The predicted molar refractivity (Wildman–Crippen MR) is 80.2 cm³/mol. The molecule has 6 heteroatoms. The minimum atomic E-state index is -3.17. The number of hydrogen-bond acceptors (Lipinski definition) is 4. The average Bonchev–Trinajstić information content (AvgIpc) is 2.89. The summed E-state index contributed by atoms with van der Waals surface area (Å²) < 4.78 is 32.1. The van der Waals surface area contributed by atoms with Crippen molar-refractivity contribution in [1.82, 2.24) is 9.62 Å². The van der Waals surface area contributed by atoms with Gasteiger partial charge in [0, 0.05) is 12.6 Å². The van der Waals surface area contributed by atoms with Gasteiger partial charge < -0.3 is 10.1 Å². The number of nitrogens with zero attached hydrogens (tertiary/aromatic N) is 1. The van der Waals surface area contributed by atoms with Crippen LogP contribution < -0.4 is 5.32 Å². The molecular formula is C14H28N2O3S. The first-order valence-electron chi connectivity index (χ1n) is 7.82. The van der Waals surface area contributed by atoms with E-state index in [2.05, 4.69) is 5.32 Å². The van der Waals surface area contributed by atoms with Gasteiger partial charge in [0.25, 0.3) is 0 Å². The second kappa shape index (κ2) is 7.20. The lowest BCUT2D eigenvalue weighted by molar-refractivity contribution is 0.0904. The van der Waals surface area contributed by atoms with Crippen LogP contribution in [-0.4, -0.2) is 56.9 Å². The van der Waals surface area contributed by atoms with Crippen molar-refractivity contribution in [3.63, 3.8) is 0 Å². The van der Waals surface area contributed by atoms with Crippen molar-refractivity contribution >= 4 is 10.0 Å². The molecule has 1 N–H and O–H groups in total. The Morgan fingerprint density at radius 3 is 2.75 bits per heavy atom. The van der Waals surface area contributed by atoms with Crippen LogP contribution in [0.1, 0.15) is 39.5 Å². The maximum Gasteiger partial charge on any atom is 0.216 e. The lowest BCUT2D eigenvalue weighted by atomic mass is 9.91. The highest BCUT2D eigenvalue weighted by Crippen LogP contribution is 2.30. The first-order chi connectivity index (χ1) is 9.50. The average molecular weight is 304 g/mol. The molecule has 118 valence electrons. The predicted octanol–water partition coefficient (Wildman–Crippen LogP) is 1.21. The van der Waals surface area contributed by atoms with E-state index in [9.17, 15) is 8.42 Å². The topological polar surface area (TPSA) is 58.6 Å². The van der Waals surface area contributed by atoms with Crippen molar-refractivity contribution in [1.29, 1.82) is 0 Å². The molecule has 2 saturated heterocycles. The third-order valence-corrected chi connectivity index (χ3v) is 6.13. The summed E-state index contributed by atoms with van der Waals surface area (Å²) in [7, 11) is -3.17. The fourth-order valence-electron chi connectivity index (χ4n) is 3.30. The zero-order valence-corrected chi connectivity index (χ0v) is 13.5. The largest absolute Gasteiger partial charge is 0.378 e. The SMILES string of the molecule is CC(C)OCCS(=O)(=O)N1CCCC1C1CCCNC1. The molecule has 0 aromatic rings. The number of hydrogen-bond donors (Lipinski definition) is 1. The van der Waals surface area contributed by atoms with Gasteiger partial charge >= 0.3 is 0 Å². The highest BCUT2D eigenvalue weighted by Gasteiger charge is 2.38. The van der Waals surface area contributed by atoms with E-state index in [4.69, 9.17) is 4.74 Å². The molecule has 0 bridgehead atoms. The zero-order valence-electron chi connectivity index (χ0n) is 12.7. The number of nitrogens with one attached hydrogen (secondary N) is 1. The lowest BCUT2D eigenvalue weighted by Gasteiger charge is -2.33. The quantitative estimate of drug-likeness (QED) is 0.801. The van der Waals surface area contributed by atoms with Crippen molar-refractivity contribution in [2.24, 2.45) is 5.92 Å². The van der Waals surface area contributed by atoms with E-state index in [1.807, 2.05) is 13.8 Å². The summed E-state index contributed by atoms with van der Waals surface area (Å²) in [6.45, 7) is 6.87. The Morgan fingerprint density at radius 2 is 2.10 bits per heavy atom. The van der Waals surface area contributed by atoms with Gasteiger partial charge in [0.1, 0.15) is 0 Å². The van der Waals surface area contributed by atoms with E-state index in [1.54, 1.807) is 4.31 Å². The molecule has 0 amide bonds. The van der Waals surface area contributed by atoms with Crippen LogP contribution in [0.3, 0.4) is 0 Å². The molecule has 0 aromatic heterocycles. The maximum absolute atomic E-state index is 12.5. The molecule has 2 aliphatic rings. The van der Waals surface area contributed by atoms with E-state index in [0.29, 0.717) is 19.1 Å². The number of rotatable bonds is 6. The van der Waals surface area contributed by atoms with Gasteiger partial charge in [-0.05, 0) is 58.5 Å². The van der Waals surface area contributed by atoms with Crippen molar-refractivity contribution in [3.05, 3.63) is 0 Å². The van der Waals surface area contributed by atoms with Gasteiger partial charge in [0.15, 0.2) is 0 Å². The van der Waals surface area contributed by atoms with Crippen molar-refractivity contribution < 1.29 is 13.2 Å². The number of sulfonamides is 1. The summed E-state index contributed by atoms with van der Waals surface area (Å²) in [4.78, 5) is 0. The summed E-state index contributed by atoms with van der Waals surface area (Å²) in [6, 6.07) is 0.201. The number of ether oxygens (including phenoxy) is 1. The Balaban J connectivity index is 1.94. The van der Waals surface area contributed by atoms with Gasteiger partial charge in [-0.15, -0.1) is 0 Å². The van der Waals surface area contributed by atoms with Gasteiger partial charge in [-0.1, -0.05) is 0 Å². The summed E-state index contributed by atoms with van der Waals surface area (Å²) in [5, 5.41) is 3.40. The summed E-state index contributed by atoms with van der Waals surface area (Å²) in [6.07, 6.45) is 4.39. The third-order valence-electron chi connectivity index (χ3n) is 4.28. The molecule has 0 aliphatic carbocycles. The van der Waals surface area contributed by atoms with E-state index in [-0.39, 0.29) is 17.9 Å². The van der Waals surface area contributed by atoms with Gasteiger partial charge in [-0.25, -0.2) is 8.42 Å². The number of piperidine rings is 1. The smallest absolute Gasteiger partial charge is 0.216 e. The van der Waals surface area contributed by atoms with Gasteiger partial charge in [0.05, 0.1) is 18.5 Å². The second-order valence-electron chi connectivity index (χ2n) is 6.16. The van der Waals surface area contributed by atoms with Crippen LogP contribution in [-0.2, 0) is 14.8 Å². The minimum Gasteiger partial charge on any atom is -0.378 e. The Morgan fingerprint density at radius 1 is 1.30 bits per heavy atom. The molecule has 0 radical (unpaired) electrons. The van der Waals surface area contributed by atoms with Crippen molar-refractivity contribution in [2.75, 3.05) is 32.0 Å². The van der Waals surface area contributed by atoms with E-state index in [1.165, 1.54) is 0 Å². The Kier molecular flexibility index (Phi) is 5.84. The second-order valence-corrected chi connectivity index (χ2v) is 8.20. The van der Waals surface area contributed by atoms with Gasteiger partial charge in [-0.2, -0.15) is 4.31 Å². The molecule has 20 heavy (non-hydrogen) atoms. The van der Waals surface area contributed by atoms with Crippen LogP contribution in [0.4, 0.5) is 0 Å². The molecule has 5 nitrogen and oxygen atoms in total. The first-order valence-corrected chi connectivity index (χ1v) is 9.43. The molecule has 0 aromatic carbocycles. The van der Waals surface area contributed by atoms with Crippen LogP contribution in [0.2, 0.25) is 0 Å². The molecule has 2 unspecified atom stereocenters. The molecule has 2 rings (SSSR count). The molecule has 2 heterocycles. The standard InChI is InChI=1S/C14H28N2O3S/c1-12(2)19-9-10-20(17,18)16-8-4-6-14(16)13-5-3-7-15-11-13/h12-15H,3-11H2,1-2H3. The van der Waals surface area contributed by atoms with Crippen LogP contribution in [0.25, 0.3) is 0 Å². The Bertz CT molecular complexity index is 391. The monoisotopic (exact) mass is 304 g/mol. The highest BCUT2D eigenvalue weighted by molar-refractivity contribution is 7.89. The van der Waals surface area contributed by atoms with Crippen LogP contribution in [0.5, 0.6) is 0 Å². The van der Waals surface area contributed by atoms with Crippen LogP contribution in [0.15, 0.2) is 0 Å². The molecule has 2 atom stereocenters. The summed E-state index contributed by atoms with van der Waals surface area (Å²) in [5.41, 5.74) is 0. The molecule has 0 saturated carbocycles. The van der Waals surface area contributed by atoms with Gasteiger partial charge in [-0.3, -0.25) is 0 Å². The zero-order chi connectivity index (χ0) is 14.6.